The molecule has 9 heteroatoms. The molecule has 0 bridgehead atoms. The number of nitrogens with two attached hydrogens (primary N) is 1. The van der Waals surface area contributed by atoms with Crippen LogP contribution in [0.15, 0.2) is 35.2 Å². The van der Waals surface area contributed by atoms with Crippen LogP contribution >= 0.6 is 34.5 Å². The van der Waals surface area contributed by atoms with Crippen molar-refractivity contribution >= 4 is 50.5 Å². The Morgan fingerprint density at radius 3 is 2.36 bits per heavy atom. The molecule has 0 atom stereocenters. The van der Waals surface area contributed by atoms with Gasteiger partial charge in [-0.05, 0) is 30.2 Å². The molecular formula is C13H12Cl2N2O3S2. The van der Waals surface area contributed by atoms with E-state index in [0.29, 0.717) is 27.2 Å². The summed E-state index contributed by atoms with van der Waals surface area (Å²) in [5, 5.41) is 7.75. The Hall–Kier alpha value is -1.12. The Labute approximate surface area is 142 Å². The third-order valence-electron chi connectivity index (χ3n) is 2.85. The van der Waals surface area contributed by atoms with Gasteiger partial charge in [0.1, 0.15) is 4.34 Å². The van der Waals surface area contributed by atoms with E-state index >= 15 is 0 Å². The summed E-state index contributed by atoms with van der Waals surface area (Å²) in [6.45, 7) is 0.386. The number of amides is 1. The first-order valence-corrected chi connectivity index (χ1v) is 9.24. The summed E-state index contributed by atoms with van der Waals surface area (Å²) in [6, 6.07) is 7.69. The zero-order valence-electron chi connectivity index (χ0n) is 11.2. The maximum absolute atomic E-state index is 11.9. The van der Waals surface area contributed by atoms with Crippen molar-refractivity contribution in [3.63, 3.8) is 0 Å². The number of sulfonamides is 1. The maximum Gasteiger partial charge on any atom is 0.253 e. The molecule has 2 rings (SSSR count). The van der Waals surface area contributed by atoms with Gasteiger partial charge in [0.05, 0.1) is 14.8 Å². The number of thiophene rings is 1. The van der Waals surface area contributed by atoms with Crippen LogP contribution in [0.25, 0.3) is 0 Å². The number of nitrogens with one attached hydrogen (secondary N) is 1. The van der Waals surface area contributed by atoms with E-state index in [1.54, 1.807) is 12.1 Å². The first-order chi connectivity index (χ1) is 10.3. The van der Waals surface area contributed by atoms with E-state index in [4.69, 9.17) is 28.3 Å². The molecule has 1 aromatic heterocycles. The smallest absolute Gasteiger partial charge is 0.253 e. The SMILES string of the molecule is NS(=O)(=O)c1ccc(CCNC(=O)c2cc(Cl)sc2Cl)cc1. The van der Waals surface area contributed by atoms with E-state index in [1.807, 2.05) is 0 Å². The third kappa shape index (κ3) is 4.44. The van der Waals surface area contributed by atoms with Crippen molar-refractivity contribution in [3.8, 4) is 0 Å². The molecule has 0 aliphatic heterocycles. The van der Waals surface area contributed by atoms with Crippen molar-refractivity contribution < 1.29 is 13.2 Å². The lowest BCUT2D eigenvalue weighted by Gasteiger charge is -2.05. The number of carbonyl (C=O) groups is 1. The maximum atomic E-state index is 11.9. The molecule has 22 heavy (non-hydrogen) atoms. The molecule has 0 radical (unpaired) electrons. The topological polar surface area (TPSA) is 89.3 Å². The van der Waals surface area contributed by atoms with Crippen molar-refractivity contribution in [2.45, 2.75) is 11.3 Å². The van der Waals surface area contributed by atoms with Crippen LogP contribution in [0.5, 0.6) is 0 Å². The summed E-state index contributed by atoms with van der Waals surface area (Å²) in [4.78, 5) is 12.0. The minimum absolute atomic E-state index is 0.0555. The standard InChI is InChI=1S/C13H12Cl2N2O3S2/c14-11-7-10(12(15)21-11)13(18)17-6-5-8-1-3-9(4-2-8)22(16,19)20/h1-4,7H,5-6H2,(H,17,18)(H2,16,19,20). The molecule has 0 aliphatic carbocycles. The van der Waals surface area contributed by atoms with Crippen LogP contribution in [-0.2, 0) is 16.4 Å². The van der Waals surface area contributed by atoms with Gasteiger partial charge in [-0.25, -0.2) is 13.6 Å². The molecule has 0 spiro atoms. The van der Waals surface area contributed by atoms with Crippen LogP contribution in [-0.4, -0.2) is 20.9 Å². The Morgan fingerprint density at radius 2 is 1.86 bits per heavy atom. The Kier molecular flexibility index (Phi) is 5.46. The predicted octanol–water partition coefficient (Wildman–Crippen LogP) is 2.67. The first kappa shape index (κ1) is 17.2. The van der Waals surface area contributed by atoms with Gasteiger partial charge in [0.15, 0.2) is 0 Å². The fourth-order valence-electron chi connectivity index (χ4n) is 1.76. The summed E-state index contributed by atoms with van der Waals surface area (Å²) < 4.78 is 23.1. The molecular weight excluding hydrogens is 367 g/mol. The van der Waals surface area contributed by atoms with Gasteiger partial charge in [-0.2, -0.15) is 0 Å². The summed E-state index contributed by atoms with van der Waals surface area (Å²) in [7, 11) is -3.69. The molecule has 1 aromatic carbocycles. The lowest BCUT2D eigenvalue weighted by molar-refractivity contribution is 0.0954. The van der Waals surface area contributed by atoms with Crippen LogP contribution in [0.4, 0.5) is 0 Å². The molecule has 1 heterocycles. The molecule has 2 aromatic rings. The van der Waals surface area contributed by atoms with Gasteiger partial charge < -0.3 is 5.32 Å². The number of hydrogen-bond donors (Lipinski definition) is 2. The Balaban J connectivity index is 1.91. The van der Waals surface area contributed by atoms with Crippen LogP contribution in [0, 0.1) is 0 Å². The lowest BCUT2D eigenvalue weighted by Crippen LogP contribution is -2.25. The van der Waals surface area contributed by atoms with E-state index < -0.39 is 10.0 Å². The minimum atomic E-state index is -3.69. The normalized spacial score (nSPS) is 11.4. The number of carbonyl (C=O) groups excluding carboxylic acids is 1. The van der Waals surface area contributed by atoms with Crippen LogP contribution in [0.3, 0.4) is 0 Å². The fourth-order valence-corrected chi connectivity index (χ4v) is 3.73. The number of halogens is 2. The van der Waals surface area contributed by atoms with Gasteiger partial charge in [-0.1, -0.05) is 35.3 Å². The molecule has 0 unspecified atom stereocenters. The number of primary sulfonamides is 1. The fraction of sp³-hybridized carbons (Fsp3) is 0.154. The second-order valence-corrected chi connectivity index (χ2v) is 8.28. The Bertz CT molecular complexity index is 786. The predicted molar refractivity (Wildman–Crippen MR) is 88.2 cm³/mol. The van der Waals surface area contributed by atoms with Gasteiger partial charge in [-0.15, -0.1) is 11.3 Å². The van der Waals surface area contributed by atoms with Crippen LogP contribution in [0.1, 0.15) is 15.9 Å². The molecule has 5 nitrogen and oxygen atoms in total. The average Bonchev–Trinajstić information content (AvgIpc) is 2.77. The molecule has 0 fully saturated rings. The highest BCUT2D eigenvalue weighted by Crippen LogP contribution is 2.30. The lowest BCUT2D eigenvalue weighted by atomic mass is 10.1. The molecule has 1 amide bonds. The highest BCUT2D eigenvalue weighted by Gasteiger charge is 2.13. The van der Waals surface area contributed by atoms with Crippen molar-refractivity contribution in [3.05, 3.63) is 50.1 Å². The number of rotatable bonds is 5. The van der Waals surface area contributed by atoms with Gasteiger partial charge >= 0.3 is 0 Å². The van der Waals surface area contributed by atoms with E-state index in [0.717, 1.165) is 16.9 Å². The molecule has 0 aliphatic rings. The number of benzene rings is 1. The molecule has 118 valence electrons. The highest BCUT2D eigenvalue weighted by molar-refractivity contribution is 7.89. The zero-order valence-corrected chi connectivity index (χ0v) is 14.3. The van der Waals surface area contributed by atoms with E-state index in [-0.39, 0.29) is 10.8 Å². The highest BCUT2D eigenvalue weighted by atomic mass is 35.5. The van der Waals surface area contributed by atoms with Gasteiger partial charge in [0, 0.05) is 6.54 Å². The molecule has 3 N–H and O–H groups in total. The summed E-state index contributed by atoms with van der Waals surface area (Å²) in [5.41, 5.74) is 1.23. The van der Waals surface area contributed by atoms with Crippen molar-refractivity contribution in [1.29, 1.82) is 0 Å². The molecule has 0 saturated carbocycles. The largest absolute Gasteiger partial charge is 0.352 e. The van der Waals surface area contributed by atoms with Crippen molar-refractivity contribution in [2.75, 3.05) is 6.54 Å². The van der Waals surface area contributed by atoms with Gasteiger partial charge in [-0.3, -0.25) is 4.79 Å². The quantitative estimate of drug-likeness (QED) is 0.837. The van der Waals surface area contributed by atoms with Crippen LogP contribution < -0.4 is 10.5 Å². The third-order valence-corrected chi connectivity index (χ3v) is 5.27. The second-order valence-electron chi connectivity index (χ2n) is 4.43. The van der Waals surface area contributed by atoms with E-state index in [1.165, 1.54) is 18.2 Å². The van der Waals surface area contributed by atoms with Gasteiger partial charge in [0.2, 0.25) is 10.0 Å². The van der Waals surface area contributed by atoms with Crippen molar-refractivity contribution in [2.24, 2.45) is 5.14 Å². The summed E-state index contributed by atoms with van der Waals surface area (Å²) >= 11 is 12.8. The first-order valence-electron chi connectivity index (χ1n) is 6.12. The average molecular weight is 379 g/mol. The second kappa shape index (κ2) is 6.97. The summed E-state index contributed by atoms with van der Waals surface area (Å²) in [6.07, 6.45) is 0.548. The van der Waals surface area contributed by atoms with E-state index in [9.17, 15) is 13.2 Å². The Morgan fingerprint density at radius 1 is 1.23 bits per heavy atom. The van der Waals surface area contributed by atoms with Crippen LogP contribution in [0.2, 0.25) is 8.67 Å². The van der Waals surface area contributed by atoms with Crippen molar-refractivity contribution in [1.82, 2.24) is 5.32 Å². The summed E-state index contributed by atoms with van der Waals surface area (Å²) in [5.74, 6) is -0.297. The van der Waals surface area contributed by atoms with E-state index in [2.05, 4.69) is 5.32 Å². The monoisotopic (exact) mass is 378 g/mol. The molecule has 0 saturated heterocycles. The minimum Gasteiger partial charge on any atom is -0.352 e. The number of hydrogen-bond acceptors (Lipinski definition) is 4. The van der Waals surface area contributed by atoms with Gasteiger partial charge in [0.25, 0.3) is 5.91 Å². The zero-order chi connectivity index (χ0) is 16.3.